The Morgan fingerprint density at radius 2 is 1.76 bits per heavy atom. The molecular weight excluding hydrogens is 338 g/mol. The quantitative estimate of drug-likeness (QED) is 0.920. The van der Waals surface area contributed by atoms with Crippen LogP contribution in [-0.2, 0) is 10.0 Å². The summed E-state index contributed by atoms with van der Waals surface area (Å²) >= 11 is 11.6. The number of anilines is 1. The number of hydrogen-bond acceptors (Lipinski definition) is 3. The van der Waals surface area contributed by atoms with Gasteiger partial charge < -0.3 is 0 Å². The fraction of sp³-hybridized carbons (Fsp3) is 0. The van der Waals surface area contributed by atoms with E-state index >= 15 is 0 Å². The van der Waals surface area contributed by atoms with E-state index in [9.17, 15) is 12.8 Å². The van der Waals surface area contributed by atoms with Crippen LogP contribution in [0.2, 0.25) is 10.0 Å². The second-order valence-corrected chi connectivity index (χ2v) is 6.45. The summed E-state index contributed by atoms with van der Waals surface area (Å²) in [5.41, 5.74) is 0.0141. The van der Waals surface area contributed by atoms with Gasteiger partial charge in [0.15, 0.2) is 0 Å². The lowest BCUT2D eigenvalue weighted by Gasteiger charge is -2.11. The summed E-state index contributed by atoms with van der Waals surface area (Å²) in [5.74, 6) is -0.644. The monoisotopic (exact) mass is 344 g/mol. The zero-order valence-electron chi connectivity index (χ0n) is 10.3. The van der Waals surface area contributed by atoms with Crippen molar-refractivity contribution in [2.75, 3.05) is 4.72 Å². The Morgan fingerprint density at radius 3 is 2.43 bits per heavy atom. The van der Waals surface area contributed by atoms with Crippen molar-refractivity contribution >= 4 is 38.9 Å². The van der Waals surface area contributed by atoms with Gasteiger partial charge in [-0.15, -0.1) is 0 Å². The molecule has 2 aromatic rings. The second-order valence-electron chi connectivity index (χ2n) is 3.99. The summed E-state index contributed by atoms with van der Waals surface area (Å²) in [5, 5.41) is 8.78. The lowest BCUT2D eigenvalue weighted by Crippen LogP contribution is -2.14. The molecule has 0 aliphatic heterocycles. The molecule has 0 radical (unpaired) electrons. The highest BCUT2D eigenvalue weighted by atomic mass is 35.5. The first-order chi connectivity index (χ1) is 9.83. The van der Waals surface area contributed by atoms with E-state index in [0.29, 0.717) is 0 Å². The molecular formula is C13H7Cl2FN2O2S. The normalized spacial score (nSPS) is 11.0. The molecule has 0 fully saturated rings. The average Bonchev–Trinajstić information content (AvgIpc) is 2.43. The maximum absolute atomic E-state index is 13.2. The molecule has 4 nitrogen and oxygen atoms in total. The summed E-state index contributed by atoms with van der Waals surface area (Å²) in [6.45, 7) is 0. The van der Waals surface area contributed by atoms with Gasteiger partial charge in [0.2, 0.25) is 0 Å². The lowest BCUT2D eigenvalue weighted by atomic mass is 10.2. The number of benzene rings is 2. The fourth-order valence-corrected chi connectivity index (χ4v) is 3.37. The Labute approximate surface area is 130 Å². The van der Waals surface area contributed by atoms with E-state index in [1.165, 1.54) is 18.2 Å². The number of nitriles is 1. The molecule has 0 amide bonds. The molecule has 0 spiro atoms. The number of rotatable bonds is 3. The van der Waals surface area contributed by atoms with E-state index in [-0.39, 0.29) is 26.2 Å². The van der Waals surface area contributed by atoms with Crippen LogP contribution < -0.4 is 4.72 Å². The number of sulfonamides is 1. The topological polar surface area (TPSA) is 70.0 Å². The maximum Gasteiger partial charge on any atom is 0.263 e. The molecule has 8 heteroatoms. The van der Waals surface area contributed by atoms with Gasteiger partial charge in [0.25, 0.3) is 10.0 Å². The third-order valence-electron chi connectivity index (χ3n) is 2.52. The van der Waals surface area contributed by atoms with E-state index in [1.807, 2.05) is 6.07 Å². The van der Waals surface area contributed by atoms with Gasteiger partial charge in [-0.2, -0.15) is 5.26 Å². The largest absolute Gasteiger partial charge is 0.278 e. The van der Waals surface area contributed by atoms with Crippen LogP contribution in [0.25, 0.3) is 0 Å². The molecule has 0 bridgehead atoms. The van der Waals surface area contributed by atoms with Crippen molar-refractivity contribution < 1.29 is 12.8 Å². The highest BCUT2D eigenvalue weighted by Crippen LogP contribution is 2.28. The first kappa shape index (κ1) is 15.6. The highest BCUT2D eigenvalue weighted by molar-refractivity contribution is 7.92. The van der Waals surface area contributed by atoms with E-state index in [2.05, 4.69) is 4.72 Å². The summed E-state index contributed by atoms with van der Waals surface area (Å²) in [7, 11) is -4.10. The molecule has 0 saturated carbocycles. The van der Waals surface area contributed by atoms with Gasteiger partial charge in [-0.25, -0.2) is 12.8 Å². The van der Waals surface area contributed by atoms with Crippen molar-refractivity contribution in [3.05, 3.63) is 57.8 Å². The van der Waals surface area contributed by atoms with E-state index in [1.54, 1.807) is 0 Å². The summed E-state index contributed by atoms with van der Waals surface area (Å²) in [6.07, 6.45) is 0. The number of halogens is 3. The van der Waals surface area contributed by atoms with Crippen LogP contribution in [0, 0.1) is 17.1 Å². The predicted molar refractivity (Wildman–Crippen MR) is 78.4 cm³/mol. The number of nitrogens with zero attached hydrogens (tertiary/aromatic N) is 1. The van der Waals surface area contributed by atoms with Crippen LogP contribution in [0.5, 0.6) is 0 Å². The number of hydrogen-bond donors (Lipinski definition) is 1. The van der Waals surface area contributed by atoms with Crippen molar-refractivity contribution in [3.63, 3.8) is 0 Å². The molecule has 0 unspecified atom stereocenters. The predicted octanol–water partition coefficient (Wildman–Crippen LogP) is 3.80. The van der Waals surface area contributed by atoms with E-state index < -0.39 is 15.8 Å². The molecule has 0 atom stereocenters. The van der Waals surface area contributed by atoms with Crippen molar-refractivity contribution in [2.45, 2.75) is 4.90 Å². The molecule has 2 aromatic carbocycles. The van der Waals surface area contributed by atoms with Crippen molar-refractivity contribution in [1.29, 1.82) is 5.26 Å². The summed E-state index contributed by atoms with van der Waals surface area (Å²) in [4.78, 5) is -0.288. The Hall–Kier alpha value is -1.81. The summed E-state index contributed by atoms with van der Waals surface area (Å²) in [6, 6.07) is 8.89. The maximum atomic E-state index is 13.2. The molecule has 0 aliphatic rings. The van der Waals surface area contributed by atoms with Gasteiger partial charge in [-0.05, 0) is 36.4 Å². The van der Waals surface area contributed by atoms with E-state index in [0.717, 1.165) is 18.2 Å². The first-order valence-electron chi connectivity index (χ1n) is 5.51. The van der Waals surface area contributed by atoms with Gasteiger partial charge in [0.05, 0.1) is 27.4 Å². The Kier molecular flexibility index (Phi) is 4.37. The smallest absolute Gasteiger partial charge is 0.263 e. The van der Waals surface area contributed by atoms with E-state index in [4.69, 9.17) is 28.5 Å². The first-order valence-corrected chi connectivity index (χ1v) is 7.75. The van der Waals surface area contributed by atoms with Crippen LogP contribution in [0.1, 0.15) is 5.56 Å². The zero-order chi connectivity index (χ0) is 15.6. The van der Waals surface area contributed by atoms with Crippen molar-refractivity contribution in [1.82, 2.24) is 0 Å². The Balaban J connectivity index is 2.48. The van der Waals surface area contributed by atoms with Crippen molar-refractivity contribution in [2.24, 2.45) is 0 Å². The third kappa shape index (κ3) is 3.45. The van der Waals surface area contributed by atoms with Crippen LogP contribution in [0.15, 0.2) is 41.3 Å². The minimum atomic E-state index is -4.10. The zero-order valence-corrected chi connectivity index (χ0v) is 12.6. The molecule has 0 saturated heterocycles. The molecule has 21 heavy (non-hydrogen) atoms. The minimum Gasteiger partial charge on any atom is -0.278 e. The van der Waals surface area contributed by atoms with Gasteiger partial charge in [-0.1, -0.05) is 23.2 Å². The summed E-state index contributed by atoms with van der Waals surface area (Å²) < 4.78 is 39.8. The Morgan fingerprint density at radius 1 is 1.10 bits per heavy atom. The molecule has 2 rings (SSSR count). The average molecular weight is 345 g/mol. The molecule has 108 valence electrons. The van der Waals surface area contributed by atoms with Gasteiger partial charge >= 0.3 is 0 Å². The van der Waals surface area contributed by atoms with Gasteiger partial charge in [-0.3, -0.25) is 4.72 Å². The third-order valence-corrected chi connectivity index (χ3v) is 4.70. The fourth-order valence-electron chi connectivity index (χ4n) is 1.55. The standard InChI is InChI=1S/C13H7Cl2FN2O2S/c14-10-4-2-9(16)6-12(10)18-21(19,20)13-5-8(7-17)1-3-11(13)15/h1-6,18H. The van der Waals surface area contributed by atoms with Gasteiger partial charge in [0.1, 0.15) is 10.7 Å². The molecule has 1 N–H and O–H groups in total. The molecule has 0 aromatic heterocycles. The van der Waals surface area contributed by atoms with Crippen LogP contribution in [0.3, 0.4) is 0 Å². The minimum absolute atomic E-state index is 0.0348. The molecule has 0 heterocycles. The van der Waals surface area contributed by atoms with Crippen LogP contribution in [-0.4, -0.2) is 8.42 Å². The number of nitrogens with one attached hydrogen (secondary N) is 1. The second kappa shape index (κ2) is 5.90. The Bertz CT molecular complexity index is 848. The highest BCUT2D eigenvalue weighted by Gasteiger charge is 2.20. The van der Waals surface area contributed by atoms with Crippen LogP contribution >= 0.6 is 23.2 Å². The molecule has 0 aliphatic carbocycles. The van der Waals surface area contributed by atoms with Crippen LogP contribution in [0.4, 0.5) is 10.1 Å². The van der Waals surface area contributed by atoms with Crippen molar-refractivity contribution in [3.8, 4) is 6.07 Å². The lowest BCUT2D eigenvalue weighted by molar-refractivity contribution is 0.601. The van der Waals surface area contributed by atoms with Gasteiger partial charge in [0, 0.05) is 0 Å². The SMILES string of the molecule is N#Cc1ccc(Cl)c(S(=O)(=O)Nc2cc(F)ccc2Cl)c1.